The van der Waals surface area contributed by atoms with Gasteiger partial charge in [-0.1, -0.05) is 55.5 Å². The Labute approximate surface area is 141 Å². The average Bonchev–Trinajstić information content (AvgIpc) is 2.48. The van der Waals surface area contributed by atoms with Gasteiger partial charge in [0.25, 0.3) is 0 Å². The van der Waals surface area contributed by atoms with E-state index in [4.69, 9.17) is 0 Å². The van der Waals surface area contributed by atoms with Crippen molar-refractivity contribution < 1.29 is 24.0 Å². The molecule has 0 aromatic heterocycles. The van der Waals surface area contributed by atoms with Gasteiger partial charge >= 0.3 is 0 Å². The Kier molecular flexibility index (Phi) is 7.19. The van der Waals surface area contributed by atoms with Crippen LogP contribution in [0.3, 0.4) is 0 Å². The first-order valence-corrected chi connectivity index (χ1v) is 9.63. The zero-order chi connectivity index (χ0) is 13.7. The van der Waals surface area contributed by atoms with Crippen LogP contribution in [0.15, 0.2) is 60.7 Å². The molecule has 0 bridgehead atoms. The van der Waals surface area contributed by atoms with Crippen LogP contribution >= 0.6 is 7.26 Å². The SMILES string of the molecule is CCC[P+](C)(c1ccccc1)C(C)c1ccccc1.[I-]. The fourth-order valence-electron chi connectivity index (χ4n) is 2.84. The zero-order valence-corrected chi connectivity index (χ0v) is 15.6. The standard InChI is InChI=1S/C18H24P.HI/c1-4-15-19(3,18-13-9-6-10-14-18)16(2)17-11-7-5-8-12-17;/h5-14,16H,4,15H2,1-3H3;1H/q+1;/p-1. The number of hydrogen-bond donors (Lipinski definition) is 0. The monoisotopic (exact) mass is 398 g/mol. The minimum atomic E-state index is -1.13. The Morgan fingerprint density at radius 3 is 1.90 bits per heavy atom. The first-order valence-electron chi connectivity index (χ1n) is 7.14. The van der Waals surface area contributed by atoms with Crippen molar-refractivity contribution >= 4 is 12.6 Å². The highest BCUT2D eigenvalue weighted by Crippen LogP contribution is 2.65. The van der Waals surface area contributed by atoms with Gasteiger partial charge in [-0.15, -0.1) is 0 Å². The topological polar surface area (TPSA) is 0 Å². The van der Waals surface area contributed by atoms with E-state index in [0.717, 1.165) is 0 Å². The highest BCUT2D eigenvalue weighted by Gasteiger charge is 2.40. The van der Waals surface area contributed by atoms with Crippen LogP contribution in [0.5, 0.6) is 0 Å². The quantitative estimate of drug-likeness (QED) is 0.535. The lowest BCUT2D eigenvalue weighted by Crippen LogP contribution is -3.00. The molecule has 0 spiro atoms. The highest BCUT2D eigenvalue weighted by atomic mass is 127. The summed E-state index contributed by atoms with van der Waals surface area (Å²) < 4.78 is 0. The molecule has 0 aliphatic carbocycles. The lowest BCUT2D eigenvalue weighted by molar-refractivity contribution is -0.00000401. The fraction of sp³-hybridized carbons (Fsp3) is 0.333. The molecule has 0 saturated carbocycles. The van der Waals surface area contributed by atoms with E-state index in [2.05, 4.69) is 81.2 Å². The molecular weight excluding hydrogens is 374 g/mol. The maximum Gasteiger partial charge on any atom is 0.0961 e. The largest absolute Gasteiger partial charge is 1.00 e. The van der Waals surface area contributed by atoms with Crippen molar-refractivity contribution in [2.75, 3.05) is 12.8 Å². The molecule has 2 atom stereocenters. The van der Waals surface area contributed by atoms with Crippen LogP contribution in [0.4, 0.5) is 0 Å². The van der Waals surface area contributed by atoms with Crippen molar-refractivity contribution in [2.24, 2.45) is 0 Å². The molecule has 2 aromatic rings. The molecule has 0 aliphatic heterocycles. The van der Waals surface area contributed by atoms with Gasteiger partial charge in [0.05, 0.1) is 31.1 Å². The average molecular weight is 398 g/mol. The second kappa shape index (κ2) is 8.14. The first-order chi connectivity index (χ1) is 9.18. The zero-order valence-electron chi connectivity index (χ0n) is 12.6. The fourth-order valence-corrected chi connectivity index (χ4v) is 6.55. The predicted octanol–water partition coefficient (Wildman–Crippen LogP) is 2.13. The van der Waals surface area contributed by atoms with Crippen LogP contribution in [0, 0.1) is 0 Å². The molecule has 108 valence electrons. The minimum Gasteiger partial charge on any atom is -1.00 e. The maximum absolute atomic E-state index is 2.52. The Balaban J connectivity index is 0.00000200. The summed E-state index contributed by atoms with van der Waals surface area (Å²) >= 11 is 0. The predicted molar refractivity (Wildman–Crippen MR) is 88.9 cm³/mol. The van der Waals surface area contributed by atoms with Crippen molar-refractivity contribution in [1.29, 1.82) is 0 Å². The molecule has 20 heavy (non-hydrogen) atoms. The second-order valence-electron chi connectivity index (χ2n) is 5.41. The maximum atomic E-state index is 2.52. The number of benzene rings is 2. The van der Waals surface area contributed by atoms with Crippen LogP contribution in [0.25, 0.3) is 0 Å². The molecule has 0 aliphatic rings. The molecule has 0 N–H and O–H groups in total. The van der Waals surface area contributed by atoms with E-state index in [1.54, 1.807) is 5.30 Å². The summed E-state index contributed by atoms with van der Waals surface area (Å²) in [6.45, 7) is 7.23. The number of rotatable bonds is 5. The summed E-state index contributed by atoms with van der Waals surface area (Å²) in [7, 11) is -1.13. The van der Waals surface area contributed by atoms with Crippen LogP contribution in [0.1, 0.15) is 31.5 Å². The third kappa shape index (κ3) is 3.83. The van der Waals surface area contributed by atoms with Crippen molar-refractivity contribution in [3.8, 4) is 0 Å². The number of halogens is 1. The van der Waals surface area contributed by atoms with Gasteiger partial charge in [0.1, 0.15) is 0 Å². The summed E-state index contributed by atoms with van der Waals surface area (Å²) in [6.07, 6.45) is 2.59. The third-order valence-corrected chi connectivity index (χ3v) is 9.03. The van der Waals surface area contributed by atoms with Gasteiger partial charge in [-0.2, -0.15) is 0 Å². The molecule has 0 heterocycles. The molecule has 2 heteroatoms. The summed E-state index contributed by atoms with van der Waals surface area (Å²) in [5, 5.41) is 1.56. The second-order valence-corrected chi connectivity index (χ2v) is 9.69. The minimum absolute atomic E-state index is 0. The molecule has 0 fully saturated rings. The van der Waals surface area contributed by atoms with Crippen LogP contribution < -0.4 is 29.3 Å². The van der Waals surface area contributed by atoms with Crippen molar-refractivity contribution in [2.45, 2.75) is 25.9 Å². The van der Waals surface area contributed by atoms with Crippen LogP contribution in [-0.4, -0.2) is 12.8 Å². The van der Waals surface area contributed by atoms with E-state index in [-0.39, 0.29) is 24.0 Å². The van der Waals surface area contributed by atoms with Crippen LogP contribution in [-0.2, 0) is 0 Å². The van der Waals surface area contributed by atoms with Gasteiger partial charge in [-0.05, 0) is 31.0 Å². The summed E-state index contributed by atoms with van der Waals surface area (Å²) in [4.78, 5) is 0. The van der Waals surface area contributed by atoms with E-state index in [9.17, 15) is 0 Å². The molecule has 2 rings (SSSR count). The molecule has 2 aromatic carbocycles. The lowest BCUT2D eigenvalue weighted by Gasteiger charge is -2.29. The summed E-state index contributed by atoms with van der Waals surface area (Å²) in [5.74, 6) is 0. The third-order valence-electron chi connectivity index (χ3n) is 4.17. The van der Waals surface area contributed by atoms with Gasteiger partial charge in [-0.25, -0.2) is 0 Å². The van der Waals surface area contributed by atoms with Gasteiger partial charge in [0.15, 0.2) is 0 Å². The Morgan fingerprint density at radius 2 is 1.40 bits per heavy atom. The van der Waals surface area contributed by atoms with E-state index < -0.39 is 7.26 Å². The van der Waals surface area contributed by atoms with Crippen LogP contribution in [0.2, 0.25) is 0 Å². The summed E-state index contributed by atoms with van der Waals surface area (Å²) in [6, 6.07) is 22.1. The van der Waals surface area contributed by atoms with Gasteiger partial charge in [0.2, 0.25) is 0 Å². The van der Waals surface area contributed by atoms with Gasteiger partial charge < -0.3 is 24.0 Å². The first kappa shape index (κ1) is 17.7. The Morgan fingerprint density at radius 1 is 0.900 bits per heavy atom. The molecule has 0 saturated heterocycles. The summed E-state index contributed by atoms with van der Waals surface area (Å²) in [5.41, 5.74) is 2.12. The molecule has 2 unspecified atom stereocenters. The van der Waals surface area contributed by atoms with Crippen molar-refractivity contribution in [1.82, 2.24) is 0 Å². The smallest absolute Gasteiger partial charge is 0.0961 e. The molecule has 0 nitrogen and oxygen atoms in total. The molecular formula is C18H24IP. The van der Waals surface area contributed by atoms with E-state index in [1.165, 1.54) is 18.1 Å². The Hall–Kier alpha value is -0.400. The molecule has 0 amide bonds. The van der Waals surface area contributed by atoms with Crippen molar-refractivity contribution in [3.63, 3.8) is 0 Å². The lowest BCUT2D eigenvalue weighted by atomic mass is 10.2. The van der Waals surface area contributed by atoms with Gasteiger partial charge in [-0.3, -0.25) is 0 Å². The van der Waals surface area contributed by atoms with E-state index >= 15 is 0 Å². The van der Waals surface area contributed by atoms with Gasteiger partial charge in [0, 0.05) is 0 Å². The van der Waals surface area contributed by atoms with E-state index in [1.807, 2.05) is 0 Å². The van der Waals surface area contributed by atoms with E-state index in [0.29, 0.717) is 5.66 Å². The van der Waals surface area contributed by atoms with Crippen molar-refractivity contribution in [3.05, 3.63) is 66.2 Å². The Bertz CT molecular complexity index is 497. The number of hydrogen-bond acceptors (Lipinski definition) is 0. The normalized spacial score (nSPS) is 14.9. The molecule has 0 radical (unpaired) electrons. The highest BCUT2D eigenvalue weighted by molar-refractivity contribution is 7.82.